The van der Waals surface area contributed by atoms with Crippen LogP contribution in [0.3, 0.4) is 0 Å². The monoisotopic (exact) mass is 285 g/mol. The van der Waals surface area contributed by atoms with Crippen molar-refractivity contribution in [2.24, 2.45) is 0 Å². The molecule has 0 saturated heterocycles. The Morgan fingerprint density at radius 1 is 1.39 bits per heavy atom. The van der Waals surface area contributed by atoms with Crippen LogP contribution in [0.5, 0.6) is 5.75 Å². The van der Waals surface area contributed by atoms with Crippen LogP contribution >= 0.6 is 23.2 Å². The lowest BCUT2D eigenvalue weighted by Crippen LogP contribution is -2.17. The highest BCUT2D eigenvalue weighted by molar-refractivity contribution is 6.35. The number of hydrogen-bond acceptors (Lipinski definition) is 3. The average Bonchev–Trinajstić information content (AvgIpc) is 2.85. The van der Waals surface area contributed by atoms with E-state index in [0.717, 1.165) is 5.76 Å². The lowest BCUT2D eigenvalue weighted by Gasteiger charge is -2.13. The fourth-order valence-electron chi connectivity index (χ4n) is 1.66. The lowest BCUT2D eigenvalue weighted by molar-refractivity contribution is 0.422. The molecule has 96 valence electrons. The van der Waals surface area contributed by atoms with Crippen molar-refractivity contribution in [3.8, 4) is 5.75 Å². The van der Waals surface area contributed by atoms with E-state index in [1.54, 1.807) is 12.3 Å². The van der Waals surface area contributed by atoms with Gasteiger partial charge >= 0.3 is 0 Å². The topological polar surface area (TPSA) is 45.4 Å². The molecular formula is C13H13Cl2NO2. The molecule has 0 radical (unpaired) electrons. The van der Waals surface area contributed by atoms with Gasteiger partial charge in [0.05, 0.1) is 17.3 Å². The number of benzene rings is 1. The van der Waals surface area contributed by atoms with E-state index in [0.29, 0.717) is 17.1 Å². The maximum Gasteiger partial charge on any atom is 0.138 e. The first-order valence-corrected chi connectivity index (χ1v) is 6.27. The Labute approximate surface area is 115 Å². The van der Waals surface area contributed by atoms with Crippen LogP contribution in [0, 0.1) is 0 Å². The lowest BCUT2D eigenvalue weighted by atomic mass is 10.1. The largest absolute Gasteiger partial charge is 0.506 e. The van der Waals surface area contributed by atoms with Crippen molar-refractivity contribution < 1.29 is 9.52 Å². The minimum absolute atomic E-state index is 0.0390. The van der Waals surface area contributed by atoms with E-state index in [2.05, 4.69) is 5.32 Å². The Bertz CT molecular complexity index is 526. The van der Waals surface area contributed by atoms with E-state index in [1.807, 2.05) is 19.1 Å². The second kappa shape index (κ2) is 5.65. The van der Waals surface area contributed by atoms with Crippen LogP contribution in [0.15, 0.2) is 34.9 Å². The molecule has 1 atom stereocenters. The van der Waals surface area contributed by atoms with Gasteiger partial charge in [0, 0.05) is 17.1 Å². The zero-order valence-corrected chi connectivity index (χ0v) is 11.3. The zero-order valence-electron chi connectivity index (χ0n) is 9.78. The van der Waals surface area contributed by atoms with Gasteiger partial charge in [0.25, 0.3) is 0 Å². The number of aromatic hydroxyl groups is 1. The van der Waals surface area contributed by atoms with Crippen molar-refractivity contribution in [2.75, 3.05) is 0 Å². The summed E-state index contributed by atoms with van der Waals surface area (Å²) in [5, 5.41) is 13.8. The van der Waals surface area contributed by atoms with Gasteiger partial charge in [-0.05, 0) is 31.2 Å². The molecule has 0 aliphatic carbocycles. The molecule has 0 unspecified atom stereocenters. The van der Waals surface area contributed by atoms with Gasteiger partial charge in [-0.1, -0.05) is 23.2 Å². The van der Waals surface area contributed by atoms with Crippen molar-refractivity contribution >= 4 is 23.2 Å². The summed E-state index contributed by atoms with van der Waals surface area (Å²) in [4.78, 5) is 0. The molecule has 2 rings (SSSR count). The highest BCUT2D eigenvalue weighted by Crippen LogP contribution is 2.31. The molecule has 0 amide bonds. The number of phenolic OH excluding ortho intramolecular Hbond substituents is 1. The number of rotatable bonds is 4. The van der Waals surface area contributed by atoms with E-state index in [4.69, 9.17) is 27.6 Å². The molecule has 2 aromatic rings. The normalized spacial score (nSPS) is 12.6. The van der Waals surface area contributed by atoms with Gasteiger partial charge < -0.3 is 14.8 Å². The Balaban J connectivity index is 2.06. The van der Waals surface area contributed by atoms with E-state index in [9.17, 15) is 5.11 Å². The van der Waals surface area contributed by atoms with Gasteiger partial charge in [0.15, 0.2) is 0 Å². The molecule has 0 aliphatic rings. The van der Waals surface area contributed by atoms with Crippen LogP contribution < -0.4 is 5.32 Å². The van der Waals surface area contributed by atoms with Crippen molar-refractivity contribution in [3.05, 3.63) is 51.9 Å². The smallest absolute Gasteiger partial charge is 0.138 e. The standard InChI is InChI=1S/C13H13Cl2NO2/c1-8(12-3-2-4-18-12)16-7-9-5-10(14)6-11(15)13(9)17/h2-6,8,16-17H,7H2,1H3/t8-/m0/s1. The van der Waals surface area contributed by atoms with Gasteiger partial charge in [-0.15, -0.1) is 0 Å². The van der Waals surface area contributed by atoms with Crippen molar-refractivity contribution in [1.82, 2.24) is 5.32 Å². The molecule has 0 bridgehead atoms. The number of phenols is 1. The highest BCUT2D eigenvalue weighted by atomic mass is 35.5. The highest BCUT2D eigenvalue weighted by Gasteiger charge is 2.11. The quantitative estimate of drug-likeness (QED) is 0.887. The summed E-state index contributed by atoms with van der Waals surface area (Å²) in [5.74, 6) is 0.892. The molecule has 1 heterocycles. The number of hydrogen-bond donors (Lipinski definition) is 2. The van der Waals surface area contributed by atoms with E-state index >= 15 is 0 Å². The third kappa shape index (κ3) is 2.99. The molecule has 0 fully saturated rings. The molecule has 3 nitrogen and oxygen atoms in total. The third-order valence-corrected chi connectivity index (χ3v) is 3.18. The molecule has 0 aliphatic heterocycles. The predicted octanol–water partition coefficient (Wildman–Crippen LogP) is 4.14. The summed E-state index contributed by atoms with van der Waals surface area (Å²) in [5.41, 5.74) is 0.658. The van der Waals surface area contributed by atoms with Crippen LogP contribution in [0.25, 0.3) is 0 Å². The summed E-state index contributed by atoms with van der Waals surface area (Å²) in [6.07, 6.45) is 1.63. The zero-order chi connectivity index (χ0) is 13.1. The second-order valence-electron chi connectivity index (χ2n) is 4.01. The van der Waals surface area contributed by atoms with Crippen LogP contribution in [-0.4, -0.2) is 5.11 Å². The molecule has 0 saturated carbocycles. The molecule has 0 spiro atoms. The minimum atomic E-state index is 0.0390. The van der Waals surface area contributed by atoms with Crippen LogP contribution in [-0.2, 0) is 6.54 Å². The maximum atomic E-state index is 9.81. The molecule has 2 N–H and O–H groups in total. The van der Waals surface area contributed by atoms with Gasteiger partial charge in [-0.3, -0.25) is 0 Å². The summed E-state index contributed by atoms with van der Waals surface area (Å²) >= 11 is 11.7. The first-order chi connectivity index (χ1) is 8.58. The summed E-state index contributed by atoms with van der Waals surface area (Å²) < 4.78 is 5.28. The van der Waals surface area contributed by atoms with Crippen molar-refractivity contribution in [3.63, 3.8) is 0 Å². The van der Waals surface area contributed by atoms with Gasteiger partial charge in [0.1, 0.15) is 11.5 Å². The van der Waals surface area contributed by atoms with Gasteiger partial charge in [-0.25, -0.2) is 0 Å². The number of furan rings is 1. The molecule has 1 aromatic heterocycles. The summed E-state index contributed by atoms with van der Waals surface area (Å²) in [6.45, 7) is 2.43. The van der Waals surface area contributed by atoms with Gasteiger partial charge in [0.2, 0.25) is 0 Å². The van der Waals surface area contributed by atoms with E-state index < -0.39 is 0 Å². The SMILES string of the molecule is C[C@H](NCc1cc(Cl)cc(Cl)c1O)c1ccco1. The van der Waals surface area contributed by atoms with E-state index in [-0.39, 0.29) is 16.8 Å². The maximum absolute atomic E-state index is 9.81. The van der Waals surface area contributed by atoms with Gasteiger partial charge in [-0.2, -0.15) is 0 Å². The summed E-state index contributed by atoms with van der Waals surface area (Å²) in [7, 11) is 0. The molecule has 5 heteroatoms. The Morgan fingerprint density at radius 3 is 2.83 bits per heavy atom. The second-order valence-corrected chi connectivity index (χ2v) is 4.86. The minimum Gasteiger partial charge on any atom is -0.506 e. The predicted molar refractivity (Wildman–Crippen MR) is 72.1 cm³/mol. The molecule has 1 aromatic carbocycles. The average molecular weight is 286 g/mol. The first kappa shape index (κ1) is 13.3. The Morgan fingerprint density at radius 2 is 2.17 bits per heavy atom. The van der Waals surface area contributed by atoms with Crippen molar-refractivity contribution in [1.29, 1.82) is 0 Å². The van der Waals surface area contributed by atoms with Crippen LogP contribution in [0.2, 0.25) is 10.0 Å². The number of nitrogens with one attached hydrogen (secondary N) is 1. The van der Waals surface area contributed by atoms with E-state index in [1.165, 1.54) is 6.07 Å². The molecule has 18 heavy (non-hydrogen) atoms. The van der Waals surface area contributed by atoms with Crippen molar-refractivity contribution in [2.45, 2.75) is 19.5 Å². The third-order valence-electron chi connectivity index (χ3n) is 2.68. The Kier molecular flexibility index (Phi) is 4.17. The van der Waals surface area contributed by atoms with Crippen LogP contribution in [0.1, 0.15) is 24.3 Å². The first-order valence-electron chi connectivity index (χ1n) is 5.51. The number of halogens is 2. The molecular weight excluding hydrogens is 273 g/mol. The summed E-state index contributed by atoms with van der Waals surface area (Å²) in [6, 6.07) is 6.96. The fourth-order valence-corrected chi connectivity index (χ4v) is 2.19. The Hall–Kier alpha value is -1.16. The van der Waals surface area contributed by atoms with Crippen LogP contribution in [0.4, 0.5) is 0 Å². The fraction of sp³-hybridized carbons (Fsp3) is 0.231.